The summed E-state index contributed by atoms with van der Waals surface area (Å²) in [5.74, 6) is 0. The van der Waals surface area contributed by atoms with E-state index < -0.39 is 0 Å². The molecular weight excluding hydrogens is 496 g/mol. The van der Waals surface area contributed by atoms with Crippen LogP contribution in [0.15, 0.2) is 72.8 Å². The van der Waals surface area contributed by atoms with Gasteiger partial charge in [-0.05, 0) is 59.4 Å². The van der Waals surface area contributed by atoms with Crippen LogP contribution in [0, 0.1) is 0 Å². The van der Waals surface area contributed by atoms with Crippen molar-refractivity contribution < 1.29 is 9.59 Å². The molecule has 0 heterocycles. The predicted octanol–water partition coefficient (Wildman–Crippen LogP) is 8.57. The Morgan fingerprint density at radius 2 is 0.900 bits per heavy atom. The van der Waals surface area contributed by atoms with Gasteiger partial charge in [-0.15, -0.1) is 0 Å². The molecule has 6 nitrogen and oxygen atoms in total. The van der Waals surface area contributed by atoms with Gasteiger partial charge < -0.3 is 21.3 Å². The minimum absolute atomic E-state index is 0.187. The van der Waals surface area contributed by atoms with E-state index in [0.29, 0.717) is 0 Å². The third-order valence-corrected chi connectivity index (χ3v) is 8.49. The number of hydrogen-bond acceptors (Lipinski definition) is 2. The molecule has 2 fully saturated rings. The molecule has 0 bridgehead atoms. The van der Waals surface area contributed by atoms with Crippen molar-refractivity contribution in [2.75, 3.05) is 10.6 Å². The molecule has 0 radical (unpaired) electrons. The van der Waals surface area contributed by atoms with Gasteiger partial charge in [-0.25, -0.2) is 9.59 Å². The van der Waals surface area contributed by atoms with Crippen LogP contribution in [0.1, 0.15) is 64.2 Å². The zero-order valence-electron chi connectivity index (χ0n) is 23.0. The molecule has 6 rings (SSSR count). The molecular formula is C34H38N4O2. The number of carbonyl (C=O) groups is 2. The fourth-order valence-corrected chi connectivity index (χ4v) is 6.47. The topological polar surface area (TPSA) is 82.3 Å². The molecule has 40 heavy (non-hydrogen) atoms. The number of carbonyl (C=O) groups excluding carboxylic acids is 2. The Balaban J connectivity index is 1.42. The monoisotopic (exact) mass is 534 g/mol. The number of hydrogen-bond donors (Lipinski definition) is 4. The van der Waals surface area contributed by atoms with E-state index in [9.17, 15) is 9.59 Å². The van der Waals surface area contributed by atoms with Crippen LogP contribution in [0.3, 0.4) is 0 Å². The highest BCUT2D eigenvalue weighted by Gasteiger charge is 2.22. The third-order valence-electron chi connectivity index (χ3n) is 8.49. The molecule has 2 aliphatic carbocycles. The van der Waals surface area contributed by atoms with Gasteiger partial charge in [-0.3, -0.25) is 0 Å². The molecule has 4 aromatic carbocycles. The van der Waals surface area contributed by atoms with Gasteiger partial charge in [0.25, 0.3) is 0 Å². The highest BCUT2D eigenvalue weighted by atomic mass is 16.2. The number of amides is 4. The lowest BCUT2D eigenvalue weighted by atomic mass is 9.91. The Kier molecular flexibility index (Phi) is 7.85. The van der Waals surface area contributed by atoms with E-state index in [1.807, 2.05) is 48.5 Å². The van der Waals surface area contributed by atoms with Crippen LogP contribution in [0.25, 0.3) is 32.7 Å². The SMILES string of the molecule is O=C(Nc1ccc2ccccc2c1-c1c(NC(=O)NC2CCCCC2)ccc2ccccc12)NC1CCCCC1. The molecule has 4 N–H and O–H groups in total. The summed E-state index contributed by atoms with van der Waals surface area (Å²) < 4.78 is 0. The van der Waals surface area contributed by atoms with E-state index >= 15 is 0 Å². The summed E-state index contributed by atoms with van der Waals surface area (Å²) in [6, 6.07) is 24.5. The summed E-state index contributed by atoms with van der Waals surface area (Å²) >= 11 is 0. The zero-order valence-corrected chi connectivity index (χ0v) is 23.0. The van der Waals surface area contributed by atoms with Crippen LogP contribution in [-0.2, 0) is 0 Å². The number of nitrogens with one attached hydrogen (secondary N) is 4. The smallest absolute Gasteiger partial charge is 0.319 e. The van der Waals surface area contributed by atoms with Crippen molar-refractivity contribution >= 4 is 45.0 Å². The molecule has 0 atom stereocenters. The van der Waals surface area contributed by atoms with Crippen molar-refractivity contribution in [2.45, 2.75) is 76.3 Å². The van der Waals surface area contributed by atoms with Gasteiger partial charge in [-0.2, -0.15) is 0 Å². The first-order valence-electron chi connectivity index (χ1n) is 14.8. The molecule has 4 amide bonds. The molecule has 206 valence electrons. The van der Waals surface area contributed by atoms with Gasteiger partial charge in [0.1, 0.15) is 0 Å². The first-order chi connectivity index (χ1) is 19.7. The van der Waals surface area contributed by atoms with Gasteiger partial charge >= 0.3 is 12.1 Å². The molecule has 0 aromatic heterocycles. The molecule has 0 spiro atoms. The van der Waals surface area contributed by atoms with Crippen LogP contribution in [0.4, 0.5) is 21.0 Å². The van der Waals surface area contributed by atoms with E-state index in [4.69, 9.17) is 0 Å². The third kappa shape index (κ3) is 5.76. The average molecular weight is 535 g/mol. The fourth-order valence-electron chi connectivity index (χ4n) is 6.47. The van der Waals surface area contributed by atoms with Crippen molar-refractivity contribution in [2.24, 2.45) is 0 Å². The second kappa shape index (κ2) is 12.0. The molecule has 6 heteroatoms. The predicted molar refractivity (Wildman–Crippen MR) is 165 cm³/mol. The summed E-state index contributed by atoms with van der Waals surface area (Å²) in [6.45, 7) is 0. The van der Waals surface area contributed by atoms with Crippen LogP contribution in [-0.4, -0.2) is 24.1 Å². The first kappa shape index (κ1) is 26.2. The summed E-state index contributed by atoms with van der Waals surface area (Å²) in [5.41, 5.74) is 3.25. The highest BCUT2D eigenvalue weighted by Crippen LogP contribution is 2.43. The molecule has 0 aliphatic heterocycles. The number of fused-ring (bicyclic) bond motifs is 2. The van der Waals surface area contributed by atoms with Gasteiger partial charge in [0.15, 0.2) is 0 Å². The van der Waals surface area contributed by atoms with E-state index in [0.717, 1.165) is 95.4 Å². The van der Waals surface area contributed by atoms with Crippen molar-refractivity contribution in [1.29, 1.82) is 0 Å². The standard InChI is InChI=1S/C34H38N4O2/c39-33(35-25-13-3-1-4-14-25)37-29-21-19-23-11-7-9-17-27(23)31(29)32-28-18-10-8-12-24(28)20-22-30(32)38-34(40)36-26-15-5-2-6-16-26/h7-12,17-22,25-26H,1-6,13-16H2,(H2,35,37,39)(H2,36,38,40). The number of benzene rings is 4. The van der Waals surface area contributed by atoms with Gasteiger partial charge in [-0.1, -0.05) is 99.2 Å². The largest absolute Gasteiger partial charge is 0.335 e. The summed E-state index contributed by atoms with van der Waals surface area (Å²) in [6.07, 6.45) is 11.2. The summed E-state index contributed by atoms with van der Waals surface area (Å²) in [7, 11) is 0. The Morgan fingerprint density at radius 3 is 1.32 bits per heavy atom. The average Bonchev–Trinajstić information content (AvgIpc) is 2.98. The van der Waals surface area contributed by atoms with Crippen molar-refractivity contribution in [1.82, 2.24) is 10.6 Å². The molecule has 2 saturated carbocycles. The van der Waals surface area contributed by atoms with Gasteiger partial charge in [0, 0.05) is 23.2 Å². The van der Waals surface area contributed by atoms with Crippen LogP contribution in [0.5, 0.6) is 0 Å². The van der Waals surface area contributed by atoms with E-state index in [-0.39, 0.29) is 24.1 Å². The number of urea groups is 2. The van der Waals surface area contributed by atoms with Crippen molar-refractivity contribution in [3.8, 4) is 11.1 Å². The van der Waals surface area contributed by atoms with E-state index in [1.54, 1.807) is 0 Å². The first-order valence-corrected chi connectivity index (χ1v) is 14.8. The molecule has 4 aromatic rings. The zero-order chi connectivity index (χ0) is 27.3. The molecule has 2 aliphatic rings. The van der Waals surface area contributed by atoms with E-state index in [1.165, 1.54) is 12.8 Å². The lowest BCUT2D eigenvalue weighted by Gasteiger charge is -2.25. The van der Waals surface area contributed by atoms with Crippen LogP contribution >= 0.6 is 0 Å². The number of rotatable bonds is 5. The second-order valence-electron chi connectivity index (χ2n) is 11.3. The molecule has 0 saturated heterocycles. The summed E-state index contributed by atoms with van der Waals surface area (Å²) in [5, 5.41) is 16.9. The maximum Gasteiger partial charge on any atom is 0.319 e. The van der Waals surface area contributed by atoms with Crippen LogP contribution in [0.2, 0.25) is 0 Å². The lowest BCUT2D eigenvalue weighted by Crippen LogP contribution is -2.39. The maximum atomic E-state index is 13.2. The number of anilines is 2. The maximum absolute atomic E-state index is 13.2. The van der Waals surface area contributed by atoms with E-state index in [2.05, 4.69) is 45.5 Å². The Labute approximate surface area is 235 Å². The second-order valence-corrected chi connectivity index (χ2v) is 11.3. The highest BCUT2D eigenvalue weighted by molar-refractivity contribution is 6.16. The fraction of sp³-hybridized carbons (Fsp3) is 0.353. The Bertz CT molecular complexity index is 1400. The Morgan fingerprint density at radius 1 is 0.500 bits per heavy atom. The van der Waals surface area contributed by atoms with Gasteiger partial charge in [0.2, 0.25) is 0 Å². The minimum atomic E-state index is -0.187. The lowest BCUT2D eigenvalue weighted by molar-refractivity contribution is 0.243. The quantitative estimate of drug-likeness (QED) is 0.207. The van der Waals surface area contributed by atoms with Crippen LogP contribution < -0.4 is 21.3 Å². The Hall–Kier alpha value is -4.06. The molecule has 0 unspecified atom stereocenters. The summed E-state index contributed by atoms with van der Waals surface area (Å²) in [4.78, 5) is 26.5. The minimum Gasteiger partial charge on any atom is -0.335 e. The normalized spacial score (nSPS) is 16.5. The van der Waals surface area contributed by atoms with Crippen molar-refractivity contribution in [3.63, 3.8) is 0 Å². The van der Waals surface area contributed by atoms with Crippen molar-refractivity contribution in [3.05, 3.63) is 72.8 Å². The van der Waals surface area contributed by atoms with Gasteiger partial charge in [0.05, 0.1) is 11.4 Å².